The topological polar surface area (TPSA) is 114 Å². The molecule has 3 N–H and O–H groups in total. The first-order chi connectivity index (χ1) is 13.2. The summed E-state index contributed by atoms with van der Waals surface area (Å²) in [5.74, 6) is -0.279. The summed E-state index contributed by atoms with van der Waals surface area (Å²) in [4.78, 5) is 23.4. The van der Waals surface area contributed by atoms with Crippen molar-refractivity contribution in [3.8, 4) is 5.75 Å². The molecule has 8 nitrogen and oxygen atoms in total. The second kappa shape index (κ2) is 9.34. The smallest absolute Gasteiger partial charge is 0.242 e. The molecule has 0 aliphatic rings. The molecule has 0 saturated carbocycles. The monoisotopic (exact) mass is 405 g/mol. The van der Waals surface area contributed by atoms with Crippen molar-refractivity contribution in [2.45, 2.75) is 31.7 Å². The predicted octanol–water partition coefficient (Wildman–Crippen LogP) is 2.35. The number of hydrogen-bond donors (Lipinski definition) is 3. The fraction of sp³-hybridized carbons (Fsp3) is 0.263. The second-order valence-electron chi connectivity index (χ2n) is 5.97. The van der Waals surface area contributed by atoms with Gasteiger partial charge in [0.25, 0.3) is 0 Å². The number of carbonyl (C=O) groups is 2. The van der Waals surface area contributed by atoms with E-state index < -0.39 is 22.0 Å². The van der Waals surface area contributed by atoms with Gasteiger partial charge in [0.2, 0.25) is 21.8 Å². The van der Waals surface area contributed by atoms with Crippen LogP contribution in [0.4, 0.5) is 11.4 Å². The highest BCUT2D eigenvalue weighted by Gasteiger charge is 2.22. The van der Waals surface area contributed by atoms with Crippen LogP contribution in [-0.2, 0) is 19.6 Å². The van der Waals surface area contributed by atoms with Gasteiger partial charge in [-0.2, -0.15) is 4.72 Å². The molecular formula is C19H23N3O5S. The van der Waals surface area contributed by atoms with Crippen molar-refractivity contribution in [3.63, 3.8) is 0 Å². The Labute approximate surface area is 164 Å². The normalized spacial score (nSPS) is 12.1. The van der Waals surface area contributed by atoms with Gasteiger partial charge in [0.15, 0.2) is 0 Å². The number of nitrogens with one attached hydrogen (secondary N) is 3. The number of anilines is 2. The highest BCUT2D eigenvalue weighted by Crippen LogP contribution is 2.24. The van der Waals surface area contributed by atoms with Gasteiger partial charge < -0.3 is 15.4 Å². The lowest BCUT2D eigenvalue weighted by atomic mass is 10.2. The molecule has 2 amide bonds. The van der Waals surface area contributed by atoms with Crippen LogP contribution in [0.2, 0.25) is 0 Å². The largest absolute Gasteiger partial charge is 0.492 e. The maximum absolute atomic E-state index is 12.5. The quantitative estimate of drug-likeness (QED) is 0.624. The summed E-state index contributed by atoms with van der Waals surface area (Å²) in [6.45, 7) is 5.06. The van der Waals surface area contributed by atoms with Gasteiger partial charge in [0, 0.05) is 12.6 Å². The number of rotatable bonds is 8. The molecule has 0 saturated heterocycles. The Balaban J connectivity index is 2.07. The van der Waals surface area contributed by atoms with Crippen molar-refractivity contribution in [3.05, 3.63) is 48.5 Å². The maximum atomic E-state index is 12.5. The zero-order valence-corrected chi connectivity index (χ0v) is 16.7. The van der Waals surface area contributed by atoms with Crippen molar-refractivity contribution in [1.82, 2.24) is 4.72 Å². The molecule has 0 spiro atoms. The van der Waals surface area contributed by atoms with E-state index in [0.717, 1.165) is 0 Å². The van der Waals surface area contributed by atoms with E-state index in [2.05, 4.69) is 15.4 Å². The third-order valence-electron chi connectivity index (χ3n) is 3.65. The van der Waals surface area contributed by atoms with Crippen molar-refractivity contribution >= 4 is 33.2 Å². The van der Waals surface area contributed by atoms with Crippen LogP contribution in [0.25, 0.3) is 0 Å². The standard InChI is InChI=1S/C19H23N3O5S/c1-4-27-18-8-6-5-7-17(18)21-19(24)13(2)22-28(25,26)16-11-9-15(10-12-16)20-14(3)23/h5-13,22H,4H2,1-3H3,(H,20,23)(H,21,24)/t13-/m0/s1. The Morgan fingerprint density at radius 3 is 2.29 bits per heavy atom. The van der Waals surface area contributed by atoms with E-state index in [4.69, 9.17) is 4.74 Å². The van der Waals surface area contributed by atoms with Crippen molar-refractivity contribution in [2.75, 3.05) is 17.2 Å². The molecule has 2 aromatic rings. The SMILES string of the molecule is CCOc1ccccc1NC(=O)[C@H](C)NS(=O)(=O)c1ccc(NC(C)=O)cc1. The summed E-state index contributed by atoms with van der Waals surface area (Å²) < 4.78 is 32.8. The molecule has 0 heterocycles. The van der Waals surface area contributed by atoms with E-state index in [1.807, 2.05) is 6.92 Å². The number of carbonyl (C=O) groups excluding carboxylic acids is 2. The molecule has 0 bridgehead atoms. The van der Waals surface area contributed by atoms with Gasteiger partial charge in [-0.15, -0.1) is 0 Å². The van der Waals surface area contributed by atoms with Crippen LogP contribution in [0, 0.1) is 0 Å². The van der Waals surface area contributed by atoms with Crippen LogP contribution >= 0.6 is 0 Å². The molecule has 0 aromatic heterocycles. The van der Waals surface area contributed by atoms with E-state index in [-0.39, 0.29) is 10.8 Å². The number of para-hydroxylation sites is 2. The van der Waals surface area contributed by atoms with E-state index in [1.165, 1.54) is 38.1 Å². The number of ether oxygens (including phenoxy) is 1. The molecule has 0 radical (unpaired) electrons. The molecule has 1 atom stereocenters. The lowest BCUT2D eigenvalue weighted by Crippen LogP contribution is -2.41. The summed E-state index contributed by atoms with van der Waals surface area (Å²) in [6, 6.07) is 11.5. The summed E-state index contributed by atoms with van der Waals surface area (Å²) in [5, 5.41) is 5.22. The Morgan fingerprint density at radius 1 is 1.04 bits per heavy atom. The maximum Gasteiger partial charge on any atom is 0.242 e. The molecule has 0 fully saturated rings. The number of hydrogen-bond acceptors (Lipinski definition) is 5. The lowest BCUT2D eigenvalue weighted by Gasteiger charge is -2.16. The van der Waals surface area contributed by atoms with Crippen LogP contribution in [-0.4, -0.2) is 32.9 Å². The van der Waals surface area contributed by atoms with Crippen molar-refractivity contribution < 1.29 is 22.7 Å². The van der Waals surface area contributed by atoms with Crippen molar-refractivity contribution in [1.29, 1.82) is 0 Å². The number of benzene rings is 2. The summed E-state index contributed by atoms with van der Waals surface area (Å²) >= 11 is 0. The average molecular weight is 405 g/mol. The van der Waals surface area contributed by atoms with Crippen LogP contribution in [0.3, 0.4) is 0 Å². The van der Waals surface area contributed by atoms with E-state index in [9.17, 15) is 18.0 Å². The van der Waals surface area contributed by atoms with Crippen LogP contribution in [0.15, 0.2) is 53.4 Å². The fourth-order valence-electron chi connectivity index (χ4n) is 2.37. The van der Waals surface area contributed by atoms with Gasteiger partial charge in [0.05, 0.1) is 23.2 Å². The van der Waals surface area contributed by atoms with Gasteiger partial charge in [0.1, 0.15) is 5.75 Å². The Morgan fingerprint density at radius 2 is 1.68 bits per heavy atom. The molecular weight excluding hydrogens is 382 g/mol. The third-order valence-corrected chi connectivity index (χ3v) is 5.21. The first kappa shape index (κ1) is 21.4. The molecule has 150 valence electrons. The second-order valence-corrected chi connectivity index (χ2v) is 7.68. The number of amides is 2. The van der Waals surface area contributed by atoms with Crippen LogP contribution in [0.1, 0.15) is 20.8 Å². The van der Waals surface area contributed by atoms with Crippen LogP contribution < -0.4 is 20.1 Å². The van der Waals surface area contributed by atoms with Gasteiger partial charge in [-0.25, -0.2) is 8.42 Å². The molecule has 9 heteroatoms. The van der Waals surface area contributed by atoms with Crippen LogP contribution in [0.5, 0.6) is 5.75 Å². The van der Waals surface area contributed by atoms with Crippen molar-refractivity contribution in [2.24, 2.45) is 0 Å². The number of sulfonamides is 1. The summed E-state index contributed by atoms with van der Waals surface area (Å²) in [6.07, 6.45) is 0. The van der Waals surface area contributed by atoms with Gasteiger partial charge in [-0.05, 0) is 50.2 Å². The molecule has 0 aliphatic carbocycles. The molecule has 0 unspecified atom stereocenters. The van der Waals surface area contributed by atoms with E-state index >= 15 is 0 Å². The fourth-order valence-corrected chi connectivity index (χ4v) is 3.57. The van der Waals surface area contributed by atoms with Gasteiger partial charge in [-0.1, -0.05) is 12.1 Å². The third kappa shape index (κ3) is 5.80. The molecule has 0 aliphatic heterocycles. The zero-order chi connectivity index (χ0) is 20.7. The lowest BCUT2D eigenvalue weighted by molar-refractivity contribution is -0.117. The minimum atomic E-state index is -3.92. The highest BCUT2D eigenvalue weighted by molar-refractivity contribution is 7.89. The van der Waals surface area contributed by atoms with E-state index in [0.29, 0.717) is 23.7 Å². The Kier molecular flexibility index (Phi) is 7.13. The predicted molar refractivity (Wildman–Crippen MR) is 107 cm³/mol. The molecule has 2 aromatic carbocycles. The summed E-state index contributed by atoms with van der Waals surface area (Å²) in [7, 11) is -3.92. The molecule has 28 heavy (non-hydrogen) atoms. The van der Waals surface area contributed by atoms with Gasteiger partial charge >= 0.3 is 0 Å². The average Bonchev–Trinajstić information content (AvgIpc) is 2.63. The minimum absolute atomic E-state index is 0.0176. The summed E-state index contributed by atoms with van der Waals surface area (Å²) in [5.41, 5.74) is 0.935. The minimum Gasteiger partial charge on any atom is -0.492 e. The first-order valence-corrected chi connectivity index (χ1v) is 10.1. The highest BCUT2D eigenvalue weighted by atomic mass is 32.2. The van der Waals surface area contributed by atoms with Gasteiger partial charge in [-0.3, -0.25) is 9.59 Å². The molecule has 2 rings (SSSR count). The Bertz CT molecular complexity index is 942. The first-order valence-electron chi connectivity index (χ1n) is 8.65. The van der Waals surface area contributed by atoms with E-state index in [1.54, 1.807) is 24.3 Å². The zero-order valence-electron chi connectivity index (χ0n) is 15.9. The Hall–Kier alpha value is -2.91.